The van der Waals surface area contributed by atoms with E-state index in [1.54, 1.807) is 0 Å². The zero-order valence-electron chi connectivity index (χ0n) is 16.5. The number of para-hydroxylation sites is 2. The lowest BCUT2D eigenvalue weighted by Crippen LogP contribution is -2.16. The van der Waals surface area contributed by atoms with Crippen LogP contribution in [0, 0.1) is 0 Å². The Morgan fingerprint density at radius 1 is 0.897 bits per heavy atom. The highest BCUT2D eigenvalue weighted by Gasteiger charge is 2.10. The molecule has 4 aromatic rings. The smallest absolute Gasteiger partial charge is 0.163 e. The van der Waals surface area contributed by atoms with Crippen molar-refractivity contribution >= 4 is 52.4 Å². The monoisotopic (exact) mass is 429 g/mol. The maximum absolute atomic E-state index is 4.82. The molecule has 0 amide bonds. The number of rotatable bonds is 6. The summed E-state index contributed by atoms with van der Waals surface area (Å²) in [5.41, 5.74) is 2.84. The highest BCUT2D eigenvalue weighted by molar-refractivity contribution is 5.91. The Hall–Kier alpha value is -2.47. The van der Waals surface area contributed by atoms with Gasteiger partial charge in [-0.2, -0.15) is 0 Å². The highest BCUT2D eigenvalue weighted by Crippen LogP contribution is 2.26. The van der Waals surface area contributed by atoms with Crippen molar-refractivity contribution in [2.75, 3.05) is 32.5 Å². The molecule has 0 fully saturated rings. The van der Waals surface area contributed by atoms with Crippen molar-refractivity contribution in [2.45, 2.75) is 6.42 Å². The van der Waals surface area contributed by atoms with Gasteiger partial charge in [0.2, 0.25) is 0 Å². The molecule has 0 bridgehead atoms. The minimum Gasteiger partial charge on any atom is -0.369 e. The molecular weight excluding hydrogens is 405 g/mol. The first-order valence-corrected chi connectivity index (χ1v) is 9.21. The summed E-state index contributed by atoms with van der Waals surface area (Å²) in [7, 11) is 4.18. The molecule has 5 nitrogen and oxygen atoms in total. The van der Waals surface area contributed by atoms with Crippen LogP contribution < -0.4 is 5.32 Å². The van der Waals surface area contributed by atoms with Crippen LogP contribution in [0.4, 0.5) is 5.82 Å². The van der Waals surface area contributed by atoms with E-state index in [1.165, 1.54) is 0 Å². The molecule has 0 saturated carbocycles. The van der Waals surface area contributed by atoms with E-state index >= 15 is 0 Å². The van der Waals surface area contributed by atoms with E-state index in [4.69, 9.17) is 9.97 Å². The molecule has 7 heteroatoms. The van der Waals surface area contributed by atoms with Crippen molar-refractivity contribution in [2.24, 2.45) is 0 Å². The maximum Gasteiger partial charge on any atom is 0.163 e. The number of nitrogens with zero attached hydrogens (tertiary/aromatic N) is 4. The minimum absolute atomic E-state index is 0. The van der Waals surface area contributed by atoms with Gasteiger partial charge in [0.05, 0.1) is 11.0 Å². The minimum atomic E-state index is 0. The van der Waals surface area contributed by atoms with E-state index in [1.807, 2.05) is 42.6 Å². The molecule has 29 heavy (non-hydrogen) atoms. The quantitative estimate of drug-likeness (QED) is 0.434. The van der Waals surface area contributed by atoms with Crippen LogP contribution in [0.3, 0.4) is 0 Å². The van der Waals surface area contributed by atoms with Crippen LogP contribution >= 0.6 is 24.8 Å². The molecule has 0 aliphatic heterocycles. The number of aromatic nitrogens is 3. The summed E-state index contributed by atoms with van der Waals surface area (Å²) in [6.07, 6.45) is 2.90. The Morgan fingerprint density at radius 3 is 2.41 bits per heavy atom. The summed E-state index contributed by atoms with van der Waals surface area (Å²) >= 11 is 0. The van der Waals surface area contributed by atoms with Crippen LogP contribution in [-0.4, -0.2) is 47.0 Å². The third-order valence-electron chi connectivity index (χ3n) is 4.53. The molecule has 0 aliphatic rings. The lowest BCUT2D eigenvalue weighted by atomic mass is 10.1. The predicted molar refractivity (Wildman–Crippen MR) is 126 cm³/mol. The van der Waals surface area contributed by atoms with Crippen molar-refractivity contribution in [3.8, 4) is 11.4 Å². The van der Waals surface area contributed by atoms with Gasteiger partial charge in [-0.15, -0.1) is 24.8 Å². The van der Waals surface area contributed by atoms with Crippen LogP contribution in [0.5, 0.6) is 0 Å². The summed E-state index contributed by atoms with van der Waals surface area (Å²) in [6, 6.07) is 18.3. The molecule has 2 aromatic heterocycles. The molecule has 0 unspecified atom stereocenters. The average Bonchev–Trinajstić information content (AvgIpc) is 2.70. The van der Waals surface area contributed by atoms with Crippen LogP contribution in [-0.2, 0) is 0 Å². The molecule has 4 rings (SSSR count). The van der Waals surface area contributed by atoms with Gasteiger partial charge in [-0.05, 0) is 51.3 Å². The maximum atomic E-state index is 4.82. The first kappa shape index (κ1) is 22.8. The molecular formula is C22H25Cl2N5. The molecule has 152 valence electrons. The molecule has 0 aliphatic carbocycles. The van der Waals surface area contributed by atoms with E-state index in [9.17, 15) is 0 Å². The van der Waals surface area contributed by atoms with Crippen molar-refractivity contribution in [3.05, 3.63) is 60.8 Å². The van der Waals surface area contributed by atoms with Gasteiger partial charge in [0.1, 0.15) is 5.82 Å². The molecule has 0 atom stereocenters. The summed E-state index contributed by atoms with van der Waals surface area (Å²) in [6.45, 7) is 1.91. The summed E-state index contributed by atoms with van der Waals surface area (Å²) in [4.78, 5) is 16.3. The number of fused-ring (bicyclic) bond motifs is 2. The Labute approximate surface area is 183 Å². The van der Waals surface area contributed by atoms with Crippen molar-refractivity contribution in [3.63, 3.8) is 0 Å². The van der Waals surface area contributed by atoms with Crippen LogP contribution in [0.15, 0.2) is 60.8 Å². The number of hydrogen-bond acceptors (Lipinski definition) is 5. The second-order valence-electron chi connectivity index (χ2n) is 6.91. The van der Waals surface area contributed by atoms with E-state index in [0.29, 0.717) is 5.82 Å². The Balaban J connectivity index is 0.00000150. The van der Waals surface area contributed by atoms with E-state index in [2.05, 4.69) is 47.5 Å². The standard InChI is InChI=1S/C22H23N5.2ClH/c1-27(2)13-7-12-23-22-18-9-4-6-11-20(18)25-21(26-22)17-14-16-8-3-5-10-19(16)24-15-17;;/h3-6,8-11,14-15H,7,12-13H2,1-2H3,(H,23,25,26);2*1H. The second-order valence-corrected chi connectivity index (χ2v) is 6.91. The van der Waals surface area contributed by atoms with Crippen LogP contribution in [0.2, 0.25) is 0 Å². The SMILES string of the molecule is CN(C)CCCNc1nc(-c2cnc3ccccc3c2)nc2ccccc12.Cl.Cl. The van der Waals surface area contributed by atoms with E-state index in [-0.39, 0.29) is 24.8 Å². The van der Waals surface area contributed by atoms with E-state index in [0.717, 1.165) is 52.7 Å². The van der Waals surface area contributed by atoms with Gasteiger partial charge in [0.25, 0.3) is 0 Å². The third-order valence-corrected chi connectivity index (χ3v) is 4.53. The third kappa shape index (κ3) is 5.32. The number of pyridine rings is 1. The van der Waals surface area contributed by atoms with Gasteiger partial charge in [0, 0.05) is 29.1 Å². The fraction of sp³-hybridized carbons (Fsp3) is 0.227. The summed E-state index contributed by atoms with van der Waals surface area (Å²) in [5, 5.41) is 5.62. The lowest BCUT2D eigenvalue weighted by Gasteiger charge is -2.13. The zero-order chi connectivity index (χ0) is 18.6. The van der Waals surface area contributed by atoms with Gasteiger partial charge in [-0.1, -0.05) is 30.3 Å². The predicted octanol–water partition coefficient (Wildman–Crippen LogP) is 5.05. The largest absolute Gasteiger partial charge is 0.369 e. The number of halogens is 2. The molecule has 2 heterocycles. The Morgan fingerprint density at radius 2 is 1.62 bits per heavy atom. The fourth-order valence-electron chi connectivity index (χ4n) is 3.14. The summed E-state index contributed by atoms with van der Waals surface area (Å²) in [5.74, 6) is 1.57. The first-order valence-electron chi connectivity index (χ1n) is 9.21. The van der Waals surface area contributed by atoms with Gasteiger partial charge in [-0.25, -0.2) is 9.97 Å². The Bertz CT molecular complexity index is 1080. The average molecular weight is 430 g/mol. The van der Waals surface area contributed by atoms with E-state index < -0.39 is 0 Å². The lowest BCUT2D eigenvalue weighted by molar-refractivity contribution is 0.405. The summed E-state index contributed by atoms with van der Waals surface area (Å²) < 4.78 is 0. The number of anilines is 1. The molecule has 1 N–H and O–H groups in total. The molecule has 0 spiro atoms. The zero-order valence-corrected chi connectivity index (χ0v) is 18.1. The molecule has 0 radical (unpaired) electrons. The topological polar surface area (TPSA) is 53.9 Å². The second kappa shape index (κ2) is 10.3. The highest BCUT2D eigenvalue weighted by atomic mass is 35.5. The van der Waals surface area contributed by atoms with Crippen LogP contribution in [0.1, 0.15) is 6.42 Å². The van der Waals surface area contributed by atoms with Gasteiger partial charge in [-0.3, -0.25) is 4.98 Å². The van der Waals surface area contributed by atoms with Crippen molar-refractivity contribution in [1.82, 2.24) is 19.9 Å². The fourth-order valence-corrected chi connectivity index (χ4v) is 3.14. The normalized spacial score (nSPS) is 10.6. The van der Waals surface area contributed by atoms with Crippen molar-refractivity contribution in [1.29, 1.82) is 0 Å². The Kier molecular flexibility index (Phi) is 8.14. The van der Waals surface area contributed by atoms with Gasteiger partial charge < -0.3 is 10.2 Å². The van der Waals surface area contributed by atoms with Crippen LogP contribution in [0.25, 0.3) is 33.2 Å². The molecule has 0 saturated heterocycles. The first-order chi connectivity index (χ1) is 13.2. The van der Waals surface area contributed by atoms with Gasteiger partial charge in [0.15, 0.2) is 5.82 Å². The number of hydrogen-bond donors (Lipinski definition) is 1. The van der Waals surface area contributed by atoms with Gasteiger partial charge >= 0.3 is 0 Å². The number of nitrogens with one attached hydrogen (secondary N) is 1. The number of benzene rings is 2. The van der Waals surface area contributed by atoms with Crippen molar-refractivity contribution < 1.29 is 0 Å². The molecule has 2 aromatic carbocycles.